The number of nitrogens with one attached hydrogen (secondary N) is 1. The van der Waals surface area contributed by atoms with Crippen LogP contribution < -0.4 is 10.1 Å². The highest BCUT2D eigenvalue weighted by Crippen LogP contribution is 2.48. The maximum Gasteiger partial charge on any atom is 0.307 e. The summed E-state index contributed by atoms with van der Waals surface area (Å²) in [5, 5.41) is 22.9. The molecule has 1 saturated carbocycles. The van der Waals surface area contributed by atoms with Gasteiger partial charge in [0.1, 0.15) is 5.75 Å². The molecule has 0 aliphatic heterocycles. The average Bonchev–Trinajstić information content (AvgIpc) is 3.15. The fraction of sp³-hybridized carbons (Fsp3) is 0.375. The third-order valence-electron chi connectivity index (χ3n) is 4.70. The van der Waals surface area contributed by atoms with Crippen molar-refractivity contribution in [2.45, 2.75) is 6.42 Å². The summed E-state index contributed by atoms with van der Waals surface area (Å²) in [7, 11) is 1.34. The molecule has 0 saturated heterocycles. The van der Waals surface area contributed by atoms with Crippen LogP contribution >= 0.6 is 0 Å². The molecule has 8 heteroatoms. The number of nitro groups is 1. The van der Waals surface area contributed by atoms with Crippen LogP contribution in [0.1, 0.15) is 6.42 Å². The summed E-state index contributed by atoms with van der Waals surface area (Å²) in [5.41, 5.74) is 0.125. The normalized spacial score (nSPS) is 27.0. The minimum atomic E-state index is -0.984. The molecule has 2 aliphatic rings. The third kappa shape index (κ3) is 2.60. The molecule has 0 radical (unpaired) electrons. The molecule has 126 valence electrons. The van der Waals surface area contributed by atoms with Crippen LogP contribution in [-0.4, -0.2) is 29.0 Å². The van der Waals surface area contributed by atoms with Gasteiger partial charge in [-0.05, 0) is 24.3 Å². The minimum absolute atomic E-state index is 0.0971. The number of carbonyl (C=O) groups excluding carboxylic acids is 1. The Morgan fingerprint density at radius 1 is 1.29 bits per heavy atom. The van der Waals surface area contributed by atoms with Gasteiger partial charge in [-0.2, -0.15) is 0 Å². The van der Waals surface area contributed by atoms with Gasteiger partial charge in [-0.15, -0.1) is 0 Å². The first-order valence-electron chi connectivity index (χ1n) is 7.46. The van der Waals surface area contributed by atoms with Gasteiger partial charge in [-0.25, -0.2) is 0 Å². The lowest BCUT2D eigenvalue weighted by molar-refractivity contribution is -0.384. The molecule has 24 heavy (non-hydrogen) atoms. The lowest BCUT2D eigenvalue weighted by atomic mass is 9.82. The highest BCUT2D eigenvalue weighted by Gasteiger charge is 2.51. The number of nitro benzene ring substituents is 1. The van der Waals surface area contributed by atoms with Crippen LogP contribution in [0.3, 0.4) is 0 Å². The van der Waals surface area contributed by atoms with E-state index in [1.54, 1.807) is 0 Å². The molecular formula is C16H16N2O6. The number of carbonyl (C=O) groups is 2. The number of carboxylic acid groups (broad SMARTS) is 1. The van der Waals surface area contributed by atoms with Crippen LogP contribution in [0.5, 0.6) is 5.75 Å². The predicted octanol–water partition coefficient (Wildman–Crippen LogP) is 2.06. The van der Waals surface area contributed by atoms with Gasteiger partial charge in [0.25, 0.3) is 5.69 Å². The number of carboxylic acids is 1. The van der Waals surface area contributed by atoms with Crippen molar-refractivity contribution >= 4 is 23.3 Å². The summed E-state index contributed by atoms with van der Waals surface area (Å²) in [4.78, 5) is 34.3. The molecule has 1 aromatic carbocycles. The fourth-order valence-electron chi connectivity index (χ4n) is 3.63. The van der Waals surface area contributed by atoms with Crippen molar-refractivity contribution in [3.8, 4) is 5.75 Å². The predicted molar refractivity (Wildman–Crippen MR) is 83.6 cm³/mol. The first-order valence-corrected chi connectivity index (χ1v) is 7.46. The van der Waals surface area contributed by atoms with E-state index in [9.17, 15) is 24.8 Å². The summed E-state index contributed by atoms with van der Waals surface area (Å²) < 4.78 is 5.09. The van der Waals surface area contributed by atoms with E-state index in [0.717, 1.165) is 0 Å². The largest absolute Gasteiger partial charge is 0.494 e. The molecule has 4 atom stereocenters. The molecule has 0 heterocycles. The summed E-state index contributed by atoms with van der Waals surface area (Å²) in [6, 6.07) is 3.85. The highest BCUT2D eigenvalue weighted by molar-refractivity contribution is 5.97. The van der Waals surface area contributed by atoms with E-state index in [2.05, 4.69) is 5.32 Å². The number of benzene rings is 1. The molecule has 2 bridgehead atoms. The Hall–Kier alpha value is -2.90. The molecule has 0 aromatic heterocycles. The molecule has 0 spiro atoms. The van der Waals surface area contributed by atoms with Crippen molar-refractivity contribution in [2.24, 2.45) is 23.7 Å². The second kappa shape index (κ2) is 5.95. The molecule has 3 rings (SSSR count). The van der Waals surface area contributed by atoms with Crippen molar-refractivity contribution in [2.75, 3.05) is 12.4 Å². The number of allylic oxidation sites excluding steroid dienone is 2. The molecule has 2 N–H and O–H groups in total. The van der Waals surface area contributed by atoms with Crippen LogP contribution in [0.2, 0.25) is 0 Å². The third-order valence-corrected chi connectivity index (χ3v) is 4.70. The monoisotopic (exact) mass is 332 g/mol. The number of aliphatic carboxylic acids is 1. The standard InChI is InChI=1S/C16H16N2O6/c1-24-12-7-10(18(22)23)4-5-11(12)17-15(19)13-8-2-3-9(6-8)14(13)16(20)21/h2-5,7-9,13-14H,6H2,1H3,(H,17,19)(H,20,21)/t8-,9-,13+,14-/m0/s1. The van der Waals surface area contributed by atoms with Crippen molar-refractivity contribution < 1.29 is 24.4 Å². The number of fused-ring (bicyclic) bond motifs is 2. The summed E-state index contributed by atoms with van der Waals surface area (Å²) in [5.74, 6) is -2.86. The van der Waals surface area contributed by atoms with Crippen molar-refractivity contribution in [1.82, 2.24) is 0 Å². The number of amides is 1. The second-order valence-corrected chi connectivity index (χ2v) is 5.97. The Morgan fingerprint density at radius 3 is 2.54 bits per heavy atom. The topological polar surface area (TPSA) is 119 Å². The average molecular weight is 332 g/mol. The summed E-state index contributed by atoms with van der Waals surface area (Å²) in [6.07, 6.45) is 4.41. The minimum Gasteiger partial charge on any atom is -0.494 e. The maximum atomic E-state index is 12.6. The van der Waals surface area contributed by atoms with E-state index in [1.807, 2.05) is 12.2 Å². The first kappa shape index (κ1) is 16.0. The quantitative estimate of drug-likeness (QED) is 0.484. The van der Waals surface area contributed by atoms with Gasteiger partial charge in [0.15, 0.2) is 0 Å². The van der Waals surface area contributed by atoms with E-state index >= 15 is 0 Å². The van der Waals surface area contributed by atoms with Gasteiger partial charge in [0, 0.05) is 6.07 Å². The Labute approximate surface area is 137 Å². The fourth-order valence-corrected chi connectivity index (χ4v) is 3.63. The Kier molecular flexibility index (Phi) is 3.96. The molecular weight excluding hydrogens is 316 g/mol. The zero-order valence-corrected chi connectivity index (χ0v) is 12.8. The Bertz CT molecular complexity index is 744. The number of hydrogen-bond donors (Lipinski definition) is 2. The summed E-state index contributed by atoms with van der Waals surface area (Å²) >= 11 is 0. The molecule has 2 aliphatic carbocycles. The number of methoxy groups -OCH3 is 1. The van der Waals surface area contributed by atoms with E-state index in [1.165, 1.54) is 25.3 Å². The van der Waals surface area contributed by atoms with Crippen LogP contribution in [0.15, 0.2) is 30.4 Å². The van der Waals surface area contributed by atoms with Crippen LogP contribution in [-0.2, 0) is 9.59 Å². The van der Waals surface area contributed by atoms with E-state index in [0.29, 0.717) is 6.42 Å². The molecule has 1 aromatic rings. The van der Waals surface area contributed by atoms with Gasteiger partial charge in [-0.1, -0.05) is 12.2 Å². The second-order valence-electron chi connectivity index (χ2n) is 5.97. The van der Waals surface area contributed by atoms with Crippen molar-refractivity contribution in [3.63, 3.8) is 0 Å². The van der Waals surface area contributed by atoms with Crippen LogP contribution in [0.25, 0.3) is 0 Å². The first-order chi connectivity index (χ1) is 11.4. The van der Waals surface area contributed by atoms with Gasteiger partial charge < -0.3 is 15.2 Å². The maximum absolute atomic E-state index is 12.6. The van der Waals surface area contributed by atoms with Gasteiger partial charge in [0.2, 0.25) is 5.91 Å². The molecule has 8 nitrogen and oxygen atoms in total. The lowest BCUT2D eigenvalue weighted by Gasteiger charge is -2.24. The number of nitrogens with zero attached hydrogens (tertiary/aromatic N) is 1. The van der Waals surface area contributed by atoms with Crippen LogP contribution in [0.4, 0.5) is 11.4 Å². The summed E-state index contributed by atoms with van der Waals surface area (Å²) in [6.45, 7) is 0. The smallest absolute Gasteiger partial charge is 0.307 e. The molecule has 1 fully saturated rings. The van der Waals surface area contributed by atoms with Gasteiger partial charge in [0.05, 0.1) is 35.6 Å². The van der Waals surface area contributed by atoms with Crippen molar-refractivity contribution in [3.05, 3.63) is 40.5 Å². The number of hydrogen-bond acceptors (Lipinski definition) is 5. The zero-order valence-electron chi connectivity index (χ0n) is 12.8. The number of ether oxygens (including phenoxy) is 1. The SMILES string of the molecule is COc1cc([N+](=O)[O-])ccc1NC(=O)[C@H]1[C@@H](C(=O)O)[C@H]2C=C[C@H]1C2. The number of anilines is 1. The Balaban J connectivity index is 1.83. The van der Waals surface area contributed by atoms with Gasteiger partial charge >= 0.3 is 5.97 Å². The van der Waals surface area contributed by atoms with Crippen molar-refractivity contribution in [1.29, 1.82) is 0 Å². The van der Waals surface area contributed by atoms with E-state index in [-0.39, 0.29) is 29.0 Å². The van der Waals surface area contributed by atoms with E-state index < -0.39 is 28.6 Å². The van der Waals surface area contributed by atoms with E-state index in [4.69, 9.17) is 4.74 Å². The number of non-ortho nitro benzene ring substituents is 1. The lowest BCUT2D eigenvalue weighted by Crippen LogP contribution is -2.36. The molecule has 0 unspecified atom stereocenters. The molecule has 1 amide bonds. The van der Waals surface area contributed by atoms with Crippen LogP contribution in [0, 0.1) is 33.8 Å². The highest BCUT2D eigenvalue weighted by atomic mass is 16.6. The number of rotatable bonds is 5. The Morgan fingerprint density at radius 2 is 1.96 bits per heavy atom. The van der Waals surface area contributed by atoms with Gasteiger partial charge in [-0.3, -0.25) is 19.7 Å². The zero-order chi connectivity index (χ0) is 17.4.